The normalized spacial score (nSPS) is 24.8. The maximum atomic E-state index is 12.5. The fourth-order valence-corrected chi connectivity index (χ4v) is 5.03. The molecule has 1 aromatic rings. The van der Waals surface area contributed by atoms with Crippen molar-refractivity contribution in [2.75, 3.05) is 37.7 Å². The van der Waals surface area contributed by atoms with Crippen LogP contribution in [0.4, 0.5) is 0 Å². The van der Waals surface area contributed by atoms with E-state index >= 15 is 0 Å². The van der Waals surface area contributed by atoms with Crippen molar-refractivity contribution in [2.45, 2.75) is 26.3 Å². The second-order valence-electron chi connectivity index (χ2n) is 6.48. The van der Waals surface area contributed by atoms with E-state index in [4.69, 9.17) is 0 Å². The first kappa shape index (κ1) is 16.4. The van der Waals surface area contributed by atoms with Crippen LogP contribution in [0.2, 0.25) is 0 Å². The van der Waals surface area contributed by atoms with E-state index in [0.717, 1.165) is 30.8 Å². The molecule has 2 aliphatic rings. The number of hydrogen-bond donors (Lipinski definition) is 0. The Kier molecular flexibility index (Phi) is 4.42. The number of sulfone groups is 1. The molecule has 6 nitrogen and oxygen atoms in total. The lowest BCUT2D eigenvalue weighted by atomic mass is 10.1. The van der Waals surface area contributed by atoms with Gasteiger partial charge in [0.1, 0.15) is 5.69 Å². The number of amides is 1. The molecule has 1 unspecified atom stereocenters. The van der Waals surface area contributed by atoms with Crippen LogP contribution in [-0.4, -0.2) is 72.8 Å². The summed E-state index contributed by atoms with van der Waals surface area (Å²) in [5.74, 6) is 0.523. The lowest BCUT2D eigenvalue weighted by molar-refractivity contribution is 0.0582. The monoisotopic (exact) mass is 337 g/mol. The third kappa shape index (κ3) is 3.55. The summed E-state index contributed by atoms with van der Waals surface area (Å²) in [7, 11) is -2.86. The molecule has 0 aromatic carbocycles. The van der Waals surface area contributed by atoms with E-state index < -0.39 is 9.84 Å². The van der Waals surface area contributed by atoms with Crippen LogP contribution < -0.4 is 0 Å². The summed E-state index contributed by atoms with van der Waals surface area (Å²) < 4.78 is 23.2. The van der Waals surface area contributed by atoms with E-state index in [2.05, 4.69) is 9.88 Å². The number of nitrogens with zero attached hydrogens (tertiary/aromatic N) is 3. The fourth-order valence-electron chi connectivity index (χ4n) is 3.27. The van der Waals surface area contributed by atoms with E-state index in [9.17, 15) is 13.2 Å². The predicted octanol–water partition coefficient (Wildman–Crippen LogP) is 0.643. The number of carbonyl (C=O) groups is 1. The van der Waals surface area contributed by atoms with E-state index in [0.29, 0.717) is 24.5 Å². The summed E-state index contributed by atoms with van der Waals surface area (Å²) in [6.07, 6.45) is 0.717. The van der Waals surface area contributed by atoms with Crippen molar-refractivity contribution in [3.63, 3.8) is 0 Å². The van der Waals surface area contributed by atoms with Crippen LogP contribution >= 0.6 is 0 Å². The van der Waals surface area contributed by atoms with Crippen molar-refractivity contribution >= 4 is 15.7 Å². The van der Waals surface area contributed by atoms with E-state index in [-0.39, 0.29) is 17.7 Å². The largest absolute Gasteiger partial charge is 0.335 e. The summed E-state index contributed by atoms with van der Waals surface area (Å²) in [4.78, 5) is 20.9. The summed E-state index contributed by atoms with van der Waals surface area (Å²) in [6.45, 7) is 6.61. The SMILES string of the molecule is Cc1ccc(C(=O)N2CCN(C3CCS(=O)(=O)C3)CC2)nc1C. The van der Waals surface area contributed by atoms with Gasteiger partial charge in [-0.2, -0.15) is 0 Å². The Balaban J connectivity index is 1.60. The van der Waals surface area contributed by atoms with Crippen molar-refractivity contribution in [2.24, 2.45) is 0 Å². The first-order chi connectivity index (χ1) is 10.9. The third-order valence-electron chi connectivity index (χ3n) is 4.90. The highest BCUT2D eigenvalue weighted by molar-refractivity contribution is 7.91. The quantitative estimate of drug-likeness (QED) is 0.792. The lowest BCUT2D eigenvalue weighted by Crippen LogP contribution is -2.52. The fraction of sp³-hybridized carbons (Fsp3) is 0.625. The number of aryl methyl sites for hydroxylation is 2. The zero-order chi connectivity index (χ0) is 16.6. The van der Waals surface area contributed by atoms with Crippen molar-refractivity contribution in [1.82, 2.24) is 14.8 Å². The molecular formula is C16H23N3O3S. The molecule has 2 saturated heterocycles. The highest BCUT2D eigenvalue weighted by Crippen LogP contribution is 2.20. The van der Waals surface area contributed by atoms with Gasteiger partial charge in [0.2, 0.25) is 0 Å². The molecule has 0 bridgehead atoms. The number of carbonyl (C=O) groups excluding carboxylic acids is 1. The predicted molar refractivity (Wildman–Crippen MR) is 88.2 cm³/mol. The van der Waals surface area contributed by atoms with Crippen LogP contribution in [0, 0.1) is 13.8 Å². The van der Waals surface area contributed by atoms with Crippen molar-refractivity contribution in [3.8, 4) is 0 Å². The average molecular weight is 337 g/mol. The van der Waals surface area contributed by atoms with Crippen LogP contribution in [0.25, 0.3) is 0 Å². The zero-order valence-electron chi connectivity index (χ0n) is 13.7. The molecule has 3 rings (SSSR count). The summed E-state index contributed by atoms with van der Waals surface area (Å²) in [5, 5.41) is 0. The number of pyridine rings is 1. The maximum absolute atomic E-state index is 12.5. The highest BCUT2D eigenvalue weighted by atomic mass is 32.2. The standard InChI is InChI=1S/C16H23N3O3S/c1-12-3-4-15(17-13(12)2)16(20)19-8-6-18(7-9-19)14-5-10-23(21,22)11-14/h3-4,14H,5-11H2,1-2H3. The molecule has 1 aromatic heterocycles. The van der Waals surface area contributed by atoms with Gasteiger partial charge in [-0.3, -0.25) is 9.69 Å². The molecule has 126 valence electrons. The minimum atomic E-state index is -2.86. The Morgan fingerprint density at radius 3 is 2.43 bits per heavy atom. The average Bonchev–Trinajstić information content (AvgIpc) is 2.89. The van der Waals surface area contributed by atoms with Crippen LogP contribution in [0.1, 0.15) is 28.2 Å². The summed E-state index contributed by atoms with van der Waals surface area (Å²) >= 11 is 0. The topological polar surface area (TPSA) is 70.6 Å². The first-order valence-corrected chi connectivity index (χ1v) is 9.86. The van der Waals surface area contributed by atoms with Crippen LogP contribution in [0.5, 0.6) is 0 Å². The molecule has 0 spiro atoms. The minimum absolute atomic E-state index is 0.0354. The minimum Gasteiger partial charge on any atom is -0.335 e. The Morgan fingerprint density at radius 2 is 1.87 bits per heavy atom. The number of hydrogen-bond acceptors (Lipinski definition) is 5. The molecule has 0 radical (unpaired) electrons. The van der Waals surface area contributed by atoms with Gasteiger partial charge in [0, 0.05) is 37.9 Å². The first-order valence-electron chi connectivity index (χ1n) is 8.04. The Hall–Kier alpha value is -1.47. The molecule has 7 heteroatoms. The molecule has 2 aliphatic heterocycles. The van der Waals surface area contributed by atoms with Gasteiger partial charge in [-0.1, -0.05) is 6.07 Å². The molecule has 0 aliphatic carbocycles. The molecule has 0 N–H and O–H groups in total. The molecule has 1 amide bonds. The smallest absolute Gasteiger partial charge is 0.272 e. The van der Waals surface area contributed by atoms with Gasteiger partial charge in [-0.25, -0.2) is 13.4 Å². The van der Waals surface area contributed by atoms with Gasteiger partial charge in [0.25, 0.3) is 5.91 Å². The Labute approximate surface area is 137 Å². The van der Waals surface area contributed by atoms with Crippen LogP contribution in [-0.2, 0) is 9.84 Å². The van der Waals surface area contributed by atoms with E-state index in [1.807, 2.05) is 24.8 Å². The zero-order valence-corrected chi connectivity index (χ0v) is 14.5. The van der Waals surface area contributed by atoms with Gasteiger partial charge < -0.3 is 4.90 Å². The van der Waals surface area contributed by atoms with Crippen molar-refractivity contribution in [1.29, 1.82) is 0 Å². The summed E-state index contributed by atoms with van der Waals surface area (Å²) in [5.41, 5.74) is 2.45. The summed E-state index contributed by atoms with van der Waals surface area (Å²) in [6, 6.07) is 3.83. The van der Waals surface area contributed by atoms with Crippen molar-refractivity contribution in [3.05, 3.63) is 29.1 Å². The molecule has 1 atom stereocenters. The molecule has 23 heavy (non-hydrogen) atoms. The number of piperazine rings is 1. The Bertz CT molecular complexity index is 709. The van der Waals surface area contributed by atoms with Gasteiger partial charge >= 0.3 is 0 Å². The highest BCUT2D eigenvalue weighted by Gasteiger charge is 2.34. The van der Waals surface area contributed by atoms with Crippen LogP contribution in [0.15, 0.2) is 12.1 Å². The molecule has 3 heterocycles. The van der Waals surface area contributed by atoms with Gasteiger partial charge in [0.15, 0.2) is 9.84 Å². The number of aromatic nitrogens is 1. The van der Waals surface area contributed by atoms with Crippen molar-refractivity contribution < 1.29 is 13.2 Å². The molecule has 2 fully saturated rings. The molecular weight excluding hydrogens is 314 g/mol. The van der Waals surface area contributed by atoms with Gasteiger partial charge in [-0.05, 0) is 31.9 Å². The van der Waals surface area contributed by atoms with Crippen LogP contribution in [0.3, 0.4) is 0 Å². The molecule has 0 saturated carbocycles. The third-order valence-corrected chi connectivity index (χ3v) is 6.65. The second-order valence-corrected chi connectivity index (χ2v) is 8.71. The Morgan fingerprint density at radius 1 is 1.17 bits per heavy atom. The van der Waals surface area contributed by atoms with Gasteiger partial charge in [-0.15, -0.1) is 0 Å². The second kappa shape index (κ2) is 6.20. The van der Waals surface area contributed by atoms with E-state index in [1.165, 1.54) is 0 Å². The van der Waals surface area contributed by atoms with E-state index in [1.54, 1.807) is 6.07 Å². The lowest BCUT2D eigenvalue weighted by Gasteiger charge is -2.37. The maximum Gasteiger partial charge on any atom is 0.272 e. The number of rotatable bonds is 2. The van der Waals surface area contributed by atoms with Gasteiger partial charge in [0.05, 0.1) is 11.5 Å².